The highest BCUT2D eigenvalue weighted by Crippen LogP contribution is 2.33. The first-order valence-electron chi connectivity index (χ1n) is 5.18. The molecule has 0 amide bonds. The summed E-state index contributed by atoms with van der Waals surface area (Å²) in [6.07, 6.45) is 4.85. The second kappa shape index (κ2) is 3.81. The molecule has 0 spiro atoms. The Labute approximate surface area is 79.9 Å². The summed E-state index contributed by atoms with van der Waals surface area (Å²) in [6.45, 7) is 6.02. The van der Waals surface area contributed by atoms with E-state index in [9.17, 15) is 0 Å². The van der Waals surface area contributed by atoms with Gasteiger partial charge in [-0.25, -0.2) is 0 Å². The predicted octanol–water partition coefficient (Wildman–Crippen LogP) is 2.35. The van der Waals surface area contributed by atoms with Gasteiger partial charge in [0, 0.05) is 5.92 Å². The molecular weight excluding hydrogens is 164 g/mol. The Morgan fingerprint density at radius 1 is 1.31 bits per heavy atom. The summed E-state index contributed by atoms with van der Waals surface area (Å²) in [7, 11) is 0. The number of hydrogen-bond donors (Lipinski definition) is 0. The summed E-state index contributed by atoms with van der Waals surface area (Å²) < 4.78 is 11.1. The first-order chi connectivity index (χ1) is 6.27. The summed E-state index contributed by atoms with van der Waals surface area (Å²) in [4.78, 5) is 0. The van der Waals surface area contributed by atoms with Crippen LogP contribution in [-0.4, -0.2) is 19.5 Å². The fraction of sp³-hybridized carbons (Fsp3) is 0.818. The average Bonchev–Trinajstić information content (AvgIpc) is 2.56. The van der Waals surface area contributed by atoms with E-state index in [0.29, 0.717) is 11.8 Å². The van der Waals surface area contributed by atoms with Gasteiger partial charge < -0.3 is 9.47 Å². The smallest absolute Gasteiger partial charge is 0.161 e. The molecule has 1 saturated heterocycles. The standard InChI is InChI=1S/C11H18O2/c1-8-3-4-10(9(2)7-8)11-12-5-6-13-11/h7,9-11H,3-6H2,1-2H3/t9-,10-/m0/s1. The van der Waals surface area contributed by atoms with Gasteiger partial charge in [-0.1, -0.05) is 18.6 Å². The van der Waals surface area contributed by atoms with Crippen LogP contribution in [0.4, 0.5) is 0 Å². The van der Waals surface area contributed by atoms with Crippen LogP contribution >= 0.6 is 0 Å². The van der Waals surface area contributed by atoms with E-state index >= 15 is 0 Å². The topological polar surface area (TPSA) is 18.5 Å². The lowest BCUT2D eigenvalue weighted by molar-refractivity contribution is -0.0962. The largest absolute Gasteiger partial charge is 0.350 e. The highest BCUT2D eigenvalue weighted by Gasteiger charge is 2.31. The van der Waals surface area contributed by atoms with Crippen molar-refractivity contribution in [1.82, 2.24) is 0 Å². The van der Waals surface area contributed by atoms with Gasteiger partial charge in [0.25, 0.3) is 0 Å². The van der Waals surface area contributed by atoms with Gasteiger partial charge in [0.05, 0.1) is 13.2 Å². The van der Waals surface area contributed by atoms with Gasteiger partial charge in [0.15, 0.2) is 6.29 Å². The van der Waals surface area contributed by atoms with E-state index in [1.807, 2.05) is 0 Å². The van der Waals surface area contributed by atoms with Crippen LogP contribution in [0.15, 0.2) is 11.6 Å². The lowest BCUT2D eigenvalue weighted by Crippen LogP contribution is -2.28. The Balaban J connectivity index is 2.00. The Morgan fingerprint density at radius 3 is 2.62 bits per heavy atom. The van der Waals surface area contributed by atoms with Gasteiger partial charge in [-0.15, -0.1) is 0 Å². The molecule has 0 radical (unpaired) electrons. The molecule has 0 aromatic carbocycles. The maximum atomic E-state index is 5.55. The van der Waals surface area contributed by atoms with E-state index in [1.165, 1.54) is 18.4 Å². The van der Waals surface area contributed by atoms with Crippen LogP contribution in [0.25, 0.3) is 0 Å². The van der Waals surface area contributed by atoms with Crippen molar-refractivity contribution in [2.75, 3.05) is 13.2 Å². The fourth-order valence-electron chi connectivity index (χ4n) is 2.32. The monoisotopic (exact) mass is 182 g/mol. The fourth-order valence-corrected chi connectivity index (χ4v) is 2.32. The van der Waals surface area contributed by atoms with Crippen LogP contribution in [0.1, 0.15) is 26.7 Å². The number of rotatable bonds is 1. The summed E-state index contributed by atoms with van der Waals surface area (Å²) in [6, 6.07) is 0. The molecule has 13 heavy (non-hydrogen) atoms. The van der Waals surface area contributed by atoms with Crippen molar-refractivity contribution in [2.24, 2.45) is 11.8 Å². The van der Waals surface area contributed by atoms with E-state index in [4.69, 9.17) is 9.47 Å². The molecule has 0 saturated carbocycles. The maximum absolute atomic E-state index is 5.55. The first-order valence-corrected chi connectivity index (χ1v) is 5.18. The van der Waals surface area contributed by atoms with Gasteiger partial charge >= 0.3 is 0 Å². The molecule has 1 fully saturated rings. The van der Waals surface area contributed by atoms with E-state index in [2.05, 4.69) is 19.9 Å². The molecule has 2 heteroatoms. The predicted molar refractivity (Wildman–Crippen MR) is 51.3 cm³/mol. The lowest BCUT2D eigenvalue weighted by Gasteiger charge is -2.30. The van der Waals surface area contributed by atoms with Gasteiger partial charge in [-0.3, -0.25) is 0 Å². The summed E-state index contributed by atoms with van der Waals surface area (Å²) in [5, 5.41) is 0. The van der Waals surface area contributed by atoms with Crippen LogP contribution in [0.3, 0.4) is 0 Å². The van der Waals surface area contributed by atoms with Crippen molar-refractivity contribution in [3.8, 4) is 0 Å². The highest BCUT2D eigenvalue weighted by molar-refractivity contribution is 5.06. The van der Waals surface area contributed by atoms with Crippen molar-refractivity contribution >= 4 is 0 Å². The molecule has 1 aliphatic heterocycles. The molecule has 0 aromatic heterocycles. The van der Waals surface area contributed by atoms with Crippen LogP contribution in [-0.2, 0) is 9.47 Å². The van der Waals surface area contributed by atoms with E-state index < -0.39 is 0 Å². The van der Waals surface area contributed by atoms with Crippen LogP contribution in [0, 0.1) is 11.8 Å². The van der Waals surface area contributed by atoms with Crippen molar-refractivity contribution in [3.05, 3.63) is 11.6 Å². The minimum atomic E-state index is 0.0688. The Morgan fingerprint density at radius 2 is 2.00 bits per heavy atom. The minimum Gasteiger partial charge on any atom is -0.350 e. The number of hydrogen-bond acceptors (Lipinski definition) is 2. The normalized spacial score (nSPS) is 36.3. The molecule has 74 valence electrons. The Kier molecular flexibility index (Phi) is 2.70. The zero-order chi connectivity index (χ0) is 9.26. The second-order valence-corrected chi connectivity index (χ2v) is 4.18. The Hall–Kier alpha value is -0.340. The molecule has 0 N–H and O–H groups in total. The van der Waals surface area contributed by atoms with Crippen LogP contribution in [0.5, 0.6) is 0 Å². The third-order valence-corrected chi connectivity index (χ3v) is 3.09. The van der Waals surface area contributed by atoms with E-state index in [-0.39, 0.29) is 6.29 Å². The highest BCUT2D eigenvalue weighted by atomic mass is 16.7. The van der Waals surface area contributed by atoms with Crippen LogP contribution < -0.4 is 0 Å². The molecule has 2 rings (SSSR count). The summed E-state index contributed by atoms with van der Waals surface area (Å²) >= 11 is 0. The van der Waals surface area contributed by atoms with Crippen molar-refractivity contribution in [3.63, 3.8) is 0 Å². The van der Waals surface area contributed by atoms with Gasteiger partial charge in [-0.2, -0.15) is 0 Å². The average molecular weight is 182 g/mol. The summed E-state index contributed by atoms with van der Waals surface area (Å²) in [5.41, 5.74) is 1.52. The molecule has 1 aliphatic carbocycles. The molecule has 1 heterocycles. The second-order valence-electron chi connectivity index (χ2n) is 4.18. The lowest BCUT2D eigenvalue weighted by atomic mass is 9.82. The molecule has 2 nitrogen and oxygen atoms in total. The minimum absolute atomic E-state index is 0.0688. The van der Waals surface area contributed by atoms with E-state index in [1.54, 1.807) is 0 Å². The molecule has 0 aromatic rings. The molecular formula is C11H18O2. The van der Waals surface area contributed by atoms with E-state index in [0.717, 1.165) is 13.2 Å². The third-order valence-electron chi connectivity index (χ3n) is 3.09. The van der Waals surface area contributed by atoms with Gasteiger partial charge in [0.2, 0.25) is 0 Å². The SMILES string of the molecule is CC1=C[C@H](C)[C@@H](C2OCCO2)CC1. The van der Waals surface area contributed by atoms with Crippen molar-refractivity contribution in [1.29, 1.82) is 0 Å². The first kappa shape index (κ1) is 9.22. The summed E-state index contributed by atoms with van der Waals surface area (Å²) in [5.74, 6) is 1.18. The number of allylic oxidation sites excluding steroid dienone is 2. The van der Waals surface area contributed by atoms with Gasteiger partial charge in [0.1, 0.15) is 0 Å². The molecule has 0 bridgehead atoms. The van der Waals surface area contributed by atoms with Crippen LogP contribution in [0.2, 0.25) is 0 Å². The third kappa shape index (κ3) is 1.94. The van der Waals surface area contributed by atoms with Crippen molar-refractivity contribution in [2.45, 2.75) is 33.0 Å². The Bertz CT molecular complexity index is 204. The maximum Gasteiger partial charge on any atom is 0.161 e. The molecule has 0 unspecified atom stereocenters. The van der Waals surface area contributed by atoms with Crippen molar-refractivity contribution < 1.29 is 9.47 Å². The molecule has 2 atom stereocenters. The quantitative estimate of drug-likeness (QED) is 0.579. The molecule has 2 aliphatic rings. The van der Waals surface area contributed by atoms with Gasteiger partial charge in [-0.05, 0) is 25.7 Å². The number of ether oxygens (including phenoxy) is 2. The zero-order valence-electron chi connectivity index (χ0n) is 8.45. The zero-order valence-corrected chi connectivity index (χ0v) is 8.45.